The van der Waals surface area contributed by atoms with Gasteiger partial charge in [0.1, 0.15) is 5.75 Å². The third-order valence-electron chi connectivity index (χ3n) is 5.29. The van der Waals surface area contributed by atoms with Crippen molar-refractivity contribution in [3.8, 4) is 5.75 Å². The van der Waals surface area contributed by atoms with E-state index in [-0.39, 0.29) is 0 Å². The number of benzene rings is 2. The van der Waals surface area contributed by atoms with Crippen LogP contribution in [0.4, 0.5) is 0 Å². The van der Waals surface area contributed by atoms with Crippen LogP contribution in [0.1, 0.15) is 31.2 Å². The second-order valence-corrected chi connectivity index (χ2v) is 6.45. The van der Waals surface area contributed by atoms with Gasteiger partial charge >= 0.3 is 0 Å². The molecule has 104 valence electrons. The molecular formula is C18H21NO. The van der Waals surface area contributed by atoms with Crippen molar-refractivity contribution in [1.29, 1.82) is 0 Å². The highest BCUT2D eigenvalue weighted by Crippen LogP contribution is 2.44. The number of phenolic OH excluding ortho intramolecular Hbond substituents is 1. The predicted molar refractivity (Wildman–Crippen MR) is 81.7 cm³/mol. The van der Waals surface area contributed by atoms with E-state index in [2.05, 4.69) is 17.4 Å². The zero-order chi connectivity index (χ0) is 13.5. The summed E-state index contributed by atoms with van der Waals surface area (Å²) >= 11 is 0. The van der Waals surface area contributed by atoms with E-state index >= 15 is 0 Å². The van der Waals surface area contributed by atoms with Gasteiger partial charge in [-0.1, -0.05) is 36.8 Å². The quantitative estimate of drug-likeness (QED) is 0.886. The fourth-order valence-electron chi connectivity index (χ4n) is 4.24. The normalized spacial score (nSPS) is 28.3. The molecule has 4 rings (SSSR count). The average Bonchev–Trinajstić information content (AvgIpc) is 3.09. The lowest BCUT2D eigenvalue weighted by Gasteiger charge is -2.23. The molecule has 2 aliphatic rings. The summed E-state index contributed by atoms with van der Waals surface area (Å²) in [6.45, 7) is 0.779. The molecule has 3 unspecified atom stereocenters. The molecular weight excluding hydrogens is 246 g/mol. The summed E-state index contributed by atoms with van der Waals surface area (Å²) < 4.78 is 0. The molecule has 2 nitrogen and oxygen atoms in total. The standard InChI is InChI=1S/C18H21NO/c20-18-8-7-13-3-1-2-4-15(13)16(18)11-19-17-10-12-5-6-14(17)9-12/h1-4,7-8,12,14,17,19-20H,5-6,9-11H2. The first kappa shape index (κ1) is 12.2. The summed E-state index contributed by atoms with van der Waals surface area (Å²) in [5.41, 5.74) is 1.05. The van der Waals surface area contributed by atoms with Gasteiger partial charge < -0.3 is 10.4 Å². The van der Waals surface area contributed by atoms with Crippen LogP contribution in [-0.4, -0.2) is 11.1 Å². The molecule has 2 bridgehead atoms. The summed E-state index contributed by atoms with van der Waals surface area (Å²) in [4.78, 5) is 0. The molecule has 0 heterocycles. The number of fused-ring (bicyclic) bond motifs is 3. The van der Waals surface area contributed by atoms with Crippen LogP contribution < -0.4 is 5.32 Å². The Hall–Kier alpha value is -1.54. The molecule has 0 radical (unpaired) electrons. The number of nitrogens with one attached hydrogen (secondary N) is 1. The summed E-state index contributed by atoms with van der Waals surface area (Å²) in [5, 5.41) is 16.2. The van der Waals surface area contributed by atoms with Gasteiger partial charge in [0.25, 0.3) is 0 Å². The van der Waals surface area contributed by atoms with Gasteiger partial charge in [-0.15, -0.1) is 0 Å². The van der Waals surface area contributed by atoms with Gasteiger partial charge in [0.15, 0.2) is 0 Å². The molecule has 2 heteroatoms. The number of phenols is 1. The number of rotatable bonds is 3. The Morgan fingerprint density at radius 1 is 1.05 bits per heavy atom. The Balaban J connectivity index is 1.58. The zero-order valence-electron chi connectivity index (χ0n) is 11.7. The number of aromatic hydroxyl groups is 1. The van der Waals surface area contributed by atoms with Crippen LogP contribution in [0.25, 0.3) is 10.8 Å². The molecule has 2 aliphatic carbocycles. The summed E-state index contributed by atoms with van der Waals surface area (Å²) in [6, 6.07) is 12.8. The number of hydrogen-bond acceptors (Lipinski definition) is 2. The minimum atomic E-state index is 0.416. The van der Waals surface area contributed by atoms with E-state index in [1.807, 2.05) is 24.3 Å². The summed E-state index contributed by atoms with van der Waals surface area (Å²) in [5.74, 6) is 2.25. The van der Waals surface area contributed by atoms with Gasteiger partial charge in [-0.2, -0.15) is 0 Å². The van der Waals surface area contributed by atoms with E-state index in [4.69, 9.17) is 0 Å². The molecule has 2 aromatic carbocycles. The van der Waals surface area contributed by atoms with Crippen LogP contribution in [0.15, 0.2) is 36.4 Å². The first-order valence-corrected chi connectivity index (χ1v) is 7.74. The Kier molecular flexibility index (Phi) is 2.92. The van der Waals surface area contributed by atoms with Crippen molar-refractivity contribution >= 4 is 10.8 Å². The smallest absolute Gasteiger partial charge is 0.120 e. The topological polar surface area (TPSA) is 32.3 Å². The largest absolute Gasteiger partial charge is 0.508 e. The lowest BCUT2D eigenvalue weighted by Crippen LogP contribution is -2.33. The van der Waals surface area contributed by atoms with E-state index < -0.39 is 0 Å². The van der Waals surface area contributed by atoms with Gasteiger partial charge in [0.2, 0.25) is 0 Å². The second kappa shape index (κ2) is 4.78. The van der Waals surface area contributed by atoms with Crippen molar-refractivity contribution in [1.82, 2.24) is 5.32 Å². The maximum absolute atomic E-state index is 10.2. The highest BCUT2D eigenvalue weighted by atomic mass is 16.3. The van der Waals surface area contributed by atoms with Crippen molar-refractivity contribution in [3.63, 3.8) is 0 Å². The van der Waals surface area contributed by atoms with E-state index in [0.717, 1.165) is 23.9 Å². The third-order valence-corrected chi connectivity index (χ3v) is 5.29. The fourth-order valence-corrected chi connectivity index (χ4v) is 4.24. The van der Waals surface area contributed by atoms with Crippen LogP contribution in [-0.2, 0) is 6.54 Å². The van der Waals surface area contributed by atoms with Gasteiger partial charge in [0.05, 0.1) is 0 Å². The van der Waals surface area contributed by atoms with E-state index in [0.29, 0.717) is 11.8 Å². The first-order chi connectivity index (χ1) is 9.81. The SMILES string of the molecule is Oc1ccc2ccccc2c1CNC1CC2CCC1C2. The van der Waals surface area contributed by atoms with Gasteiger partial charge in [-0.05, 0) is 47.9 Å². The lowest BCUT2D eigenvalue weighted by atomic mass is 9.95. The van der Waals surface area contributed by atoms with Crippen molar-refractivity contribution in [2.45, 2.75) is 38.3 Å². The van der Waals surface area contributed by atoms with Crippen LogP contribution in [0.2, 0.25) is 0 Å². The zero-order valence-corrected chi connectivity index (χ0v) is 11.7. The van der Waals surface area contributed by atoms with Crippen molar-refractivity contribution in [2.24, 2.45) is 11.8 Å². The van der Waals surface area contributed by atoms with Crippen molar-refractivity contribution in [2.75, 3.05) is 0 Å². The molecule has 3 atom stereocenters. The van der Waals surface area contributed by atoms with Crippen molar-refractivity contribution < 1.29 is 5.11 Å². The second-order valence-electron chi connectivity index (χ2n) is 6.45. The molecule has 0 spiro atoms. The van der Waals surface area contributed by atoms with Crippen LogP contribution >= 0.6 is 0 Å². The highest BCUT2D eigenvalue weighted by molar-refractivity contribution is 5.87. The molecule has 2 N–H and O–H groups in total. The van der Waals surface area contributed by atoms with Crippen LogP contribution in [0.3, 0.4) is 0 Å². The van der Waals surface area contributed by atoms with Crippen molar-refractivity contribution in [3.05, 3.63) is 42.0 Å². The van der Waals surface area contributed by atoms with E-state index in [1.165, 1.54) is 36.5 Å². The van der Waals surface area contributed by atoms with E-state index in [9.17, 15) is 5.11 Å². The maximum Gasteiger partial charge on any atom is 0.120 e. The molecule has 0 aliphatic heterocycles. The van der Waals surface area contributed by atoms with Gasteiger partial charge in [-0.3, -0.25) is 0 Å². The minimum Gasteiger partial charge on any atom is -0.508 e. The molecule has 20 heavy (non-hydrogen) atoms. The van der Waals surface area contributed by atoms with Crippen LogP contribution in [0, 0.1) is 11.8 Å². The fraction of sp³-hybridized carbons (Fsp3) is 0.444. The Morgan fingerprint density at radius 3 is 2.75 bits per heavy atom. The number of hydrogen-bond donors (Lipinski definition) is 2. The van der Waals surface area contributed by atoms with Gasteiger partial charge in [0, 0.05) is 18.2 Å². The molecule has 0 aromatic heterocycles. The van der Waals surface area contributed by atoms with Gasteiger partial charge in [-0.25, -0.2) is 0 Å². The summed E-state index contributed by atoms with van der Waals surface area (Å²) in [6.07, 6.45) is 5.57. The Morgan fingerprint density at radius 2 is 1.95 bits per heavy atom. The molecule has 0 saturated heterocycles. The first-order valence-electron chi connectivity index (χ1n) is 7.74. The van der Waals surface area contributed by atoms with Crippen LogP contribution in [0.5, 0.6) is 5.75 Å². The molecule has 2 saturated carbocycles. The monoisotopic (exact) mass is 267 g/mol. The summed E-state index contributed by atoms with van der Waals surface area (Å²) in [7, 11) is 0. The van der Waals surface area contributed by atoms with E-state index in [1.54, 1.807) is 0 Å². The lowest BCUT2D eigenvalue weighted by molar-refractivity contribution is 0.348. The maximum atomic E-state index is 10.2. The molecule has 0 amide bonds. The third kappa shape index (κ3) is 1.99. The molecule has 2 aromatic rings. The average molecular weight is 267 g/mol. The Bertz CT molecular complexity index is 636. The molecule has 2 fully saturated rings. The highest BCUT2D eigenvalue weighted by Gasteiger charge is 2.39. The Labute approximate surface area is 119 Å². The predicted octanol–water partition coefficient (Wildman–Crippen LogP) is 3.82. The minimum absolute atomic E-state index is 0.416.